The zero-order chi connectivity index (χ0) is 19.6. The lowest BCUT2D eigenvalue weighted by Crippen LogP contribution is -2.35. The lowest BCUT2D eigenvalue weighted by Gasteiger charge is -2.23. The molecular formula is C20H17N3O4. The molecule has 0 aliphatic carbocycles. The number of hydrogen-bond acceptors (Lipinski definition) is 6. The van der Waals surface area contributed by atoms with Gasteiger partial charge in [-0.05, 0) is 36.4 Å². The fourth-order valence-electron chi connectivity index (χ4n) is 2.36. The Labute approximate surface area is 157 Å². The Hall–Kier alpha value is -3.84. The van der Waals surface area contributed by atoms with Gasteiger partial charge in [-0.15, -0.1) is 0 Å². The first kappa shape index (κ1) is 19.5. The summed E-state index contributed by atoms with van der Waals surface area (Å²) in [5, 5.41) is 17.6. The molecule has 0 spiro atoms. The summed E-state index contributed by atoms with van der Waals surface area (Å²) in [6.07, 6.45) is 0.118. The summed E-state index contributed by atoms with van der Waals surface area (Å²) < 4.78 is 10.3. The molecule has 0 atom stereocenters. The van der Waals surface area contributed by atoms with Gasteiger partial charge in [0.15, 0.2) is 6.61 Å². The Morgan fingerprint density at radius 1 is 1.07 bits per heavy atom. The molecule has 136 valence electrons. The summed E-state index contributed by atoms with van der Waals surface area (Å²) in [6, 6.07) is 16.7. The number of rotatable bonds is 7. The molecule has 0 unspecified atom stereocenters. The Balaban J connectivity index is 2.10. The van der Waals surface area contributed by atoms with Crippen LogP contribution in [0.4, 0.5) is 5.69 Å². The molecular weight excluding hydrogens is 346 g/mol. The van der Waals surface area contributed by atoms with Crippen LogP contribution in [-0.2, 0) is 9.53 Å². The van der Waals surface area contributed by atoms with Crippen LogP contribution < -0.4 is 9.64 Å². The maximum absolute atomic E-state index is 12.6. The number of carbonyl (C=O) groups is 2. The maximum atomic E-state index is 12.6. The highest BCUT2D eigenvalue weighted by Gasteiger charge is 2.20. The van der Waals surface area contributed by atoms with Crippen molar-refractivity contribution in [1.29, 1.82) is 10.5 Å². The number of benzene rings is 2. The van der Waals surface area contributed by atoms with Gasteiger partial charge in [0.25, 0.3) is 5.91 Å². The Morgan fingerprint density at radius 3 is 2.41 bits per heavy atom. The van der Waals surface area contributed by atoms with E-state index in [-0.39, 0.29) is 18.5 Å². The molecule has 0 radical (unpaired) electrons. The molecule has 1 amide bonds. The van der Waals surface area contributed by atoms with E-state index in [2.05, 4.69) is 0 Å². The van der Waals surface area contributed by atoms with Gasteiger partial charge in [-0.25, -0.2) is 4.79 Å². The van der Waals surface area contributed by atoms with E-state index in [1.54, 1.807) is 24.3 Å². The summed E-state index contributed by atoms with van der Waals surface area (Å²) in [6.45, 7) is -0.341. The highest BCUT2D eigenvalue weighted by molar-refractivity contribution is 5.98. The highest BCUT2D eigenvalue weighted by Crippen LogP contribution is 2.28. The van der Waals surface area contributed by atoms with Gasteiger partial charge < -0.3 is 14.4 Å². The van der Waals surface area contributed by atoms with Gasteiger partial charge in [0, 0.05) is 6.54 Å². The Bertz CT molecular complexity index is 895. The van der Waals surface area contributed by atoms with E-state index in [4.69, 9.17) is 20.0 Å². The second-order valence-electron chi connectivity index (χ2n) is 5.39. The van der Waals surface area contributed by atoms with Crippen molar-refractivity contribution >= 4 is 17.6 Å². The zero-order valence-corrected chi connectivity index (χ0v) is 14.7. The minimum absolute atomic E-state index is 0.118. The van der Waals surface area contributed by atoms with Crippen LogP contribution in [0.5, 0.6) is 5.75 Å². The van der Waals surface area contributed by atoms with E-state index in [0.717, 1.165) is 0 Å². The molecule has 7 heteroatoms. The number of carbonyl (C=O) groups excluding carboxylic acids is 2. The van der Waals surface area contributed by atoms with Crippen molar-refractivity contribution < 1.29 is 19.1 Å². The van der Waals surface area contributed by atoms with Crippen molar-refractivity contribution in [3.8, 4) is 17.9 Å². The third kappa shape index (κ3) is 5.07. The number of ether oxygens (including phenoxy) is 2. The first-order valence-corrected chi connectivity index (χ1v) is 8.08. The summed E-state index contributed by atoms with van der Waals surface area (Å²) in [7, 11) is 1.48. The van der Waals surface area contributed by atoms with E-state index in [1.807, 2.05) is 12.1 Å². The van der Waals surface area contributed by atoms with Gasteiger partial charge in [-0.2, -0.15) is 10.5 Å². The lowest BCUT2D eigenvalue weighted by atomic mass is 10.1. The highest BCUT2D eigenvalue weighted by atomic mass is 16.5. The predicted octanol–water partition coefficient (Wildman–Crippen LogP) is 2.67. The number of amides is 1. The SMILES string of the molecule is COc1ccccc1N(CCC#N)C(=O)COC(=O)c1ccc(C#N)cc1. The largest absolute Gasteiger partial charge is 0.495 e. The van der Waals surface area contributed by atoms with E-state index in [9.17, 15) is 9.59 Å². The molecule has 0 bridgehead atoms. The monoisotopic (exact) mass is 363 g/mol. The minimum Gasteiger partial charge on any atom is -0.495 e. The molecule has 0 aromatic heterocycles. The minimum atomic E-state index is -0.673. The smallest absolute Gasteiger partial charge is 0.338 e. The number of methoxy groups -OCH3 is 1. The zero-order valence-electron chi connectivity index (χ0n) is 14.7. The molecule has 0 aliphatic heterocycles. The molecule has 0 fully saturated rings. The topological polar surface area (TPSA) is 103 Å². The van der Waals surface area contributed by atoms with Crippen LogP contribution in [0.25, 0.3) is 0 Å². The van der Waals surface area contributed by atoms with Gasteiger partial charge in [0.05, 0.1) is 42.5 Å². The predicted molar refractivity (Wildman–Crippen MR) is 97.0 cm³/mol. The van der Waals surface area contributed by atoms with Gasteiger partial charge >= 0.3 is 5.97 Å². The molecule has 0 saturated carbocycles. The number of anilines is 1. The number of nitriles is 2. The number of hydrogen-bond donors (Lipinski definition) is 0. The third-order valence-corrected chi connectivity index (χ3v) is 3.70. The van der Waals surface area contributed by atoms with Crippen LogP contribution in [0.15, 0.2) is 48.5 Å². The Morgan fingerprint density at radius 2 is 1.78 bits per heavy atom. The molecule has 7 nitrogen and oxygen atoms in total. The second-order valence-corrected chi connectivity index (χ2v) is 5.39. The molecule has 0 N–H and O–H groups in total. The van der Waals surface area contributed by atoms with Crippen molar-refractivity contribution in [3.05, 3.63) is 59.7 Å². The molecule has 0 heterocycles. The molecule has 2 aromatic carbocycles. The average Bonchev–Trinajstić information content (AvgIpc) is 2.72. The lowest BCUT2D eigenvalue weighted by molar-refractivity contribution is -0.121. The van der Waals surface area contributed by atoms with E-state index in [0.29, 0.717) is 17.0 Å². The summed E-state index contributed by atoms with van der Waals surface area (Å²) in [4.78, 5) is 26.0. The van der Waals surface area contributed by atoms with Crippen LogP contribution >= 0.6 is 0 Å². The normalized spacial score (nSPS) is 9.59. The average molecular weight is 363 g/mol. The van der Waals surface area contributed by atoms with Crippen LogP contribution in [0.3, 0.4) is 0 Å². The van der Waals surface area contributed by atoms with Crippen molar-refractivity contribution in [2.75, 3.05) is 25.2 Å². The first-order chi connectivity index (χ1) is 13.1. The van der Waals surface area contributed by atoms with Crippen LogP contribution in [-0.4, -0.2) is 32.1 Å². The molecule has 2 rings (SSSR count). The van der Waals surface area contributed by atoms with E-state index in [1.165, 1.54) is 36.3 Å². The fraction of sp³-hybridized carbons (Fsp3) is 0.200. The van der Waals surface area contributed by atoms with Crippen molar-refractivity contribution in [2.45, 2.75) is 6.42 Å². The Kier molecular flexibility index (Phi) is 6.92. The van der Waals surface area contributed by atoms with Crippen LogP contribution in [0.1, 0.15) is 22.3 Å². The van der Waals surface area contributed by atoms with E-state index >= 15 is 0 Å². The molecule has 27 heavy (non-hydrogen) atoms. The summed E-state index contributed by atoms with van der Waals surface area (Å²) in [5.74, 6) is -0.674. The van der Waals surface area contributed by atoms with Gasteiger partial charge in [0.1, 0.15) is 5.75 Å². The van der Waals surface area contributed by atoms with Crippen LogP contribution in [0, 0.1) is 22.7 Å². The molecule has 0 aliphatic rings. The van der Waals surface area contributed by atoms with E-state index < -0.39 is 18.5 Å². The van der Waals surface area contributed by atoms with Gasteiger partial charge in [0.2, 0.25) is 0 Å². The summed E-state index contributed by atoms with van der Waals surface area (Å²) in [5.41, 5.74) is 1.15. The first-order valence-electron chi connectivity index (χ1n) is 8.08. The fourth-order valence-corrected chi connectivity index (χ4v) is 2.36. The maximum Gasteiger partial charge on any atom is 0.338 e. The van der Waals surface area contributed by atoms with Crippen LogP contribution in [0.2, 0.25) is 0 Å². The van der Waals surface area contributed by atoms with Crippen molar-refractivity contribution in [3.63, 3.8) is 0 Å². The molecule has 2 aromatic rings. The number of nitrogens with zero attached hydrogens (tertiary/aromatic N) is 3. The van der Waals surface area contributed by atoms with Gasteiger partial charge in [-0.1, -0.05) is 12.1 Å². The third-order valence-electron chi connectivity index (χ3n) is 3.70. The molecule has 0 saturated heterocycles. The standard InChI is InChI=1S/C20H17N3O4/c1-26-18-6-3-2-5-17(18)23(12-4-11-21)19(24)14-27-20(25)16-9-7-15(13-22)8-10-16/h2-3,5-10H,4,12,14H2,1H3. The number of para-hydroxylation sites is 2. The summed E-state index contributed by atoms with van der Waals surface area (Å²) >= 11 is 0. The van der Waals surface area contributed by atoms with Crippen molar-refractivity contribution in [1.82, 2.24) is 0 Å². The van der Waals surface area contributed by atoms with Gasteiger partial charge in [-0.3, -0.25) is 4.79 Å². The van der Waals surface area contributed by atoms with Crippen molar-refractivity contribution in [2.24, 2.45) is 0 Å². The number of esters is 1. The second kappa shape index (κ2) is 9.59. The quantitative estimate of drug-likeness (QED) is 0.701.